The van der Waals surface area contributed by atoms with E-state index in [1.807, 2.05) is 84.9 Å². The molecule has 4 aromatic carbocycles. The van der Waals surface area contributed by atoms with Crippen molar-refractivity contribution in [3.8, 4) is 47.0 Å². The maximum Gasteiger partial charge on any atom is 0.142 e. The van der Waals surface area contributed by atoms with Crippen LogP contribution in [0.4, 0.5) is 0 Å². The molecule has 0 aromatic heterocycles. The van der Waals surface area contributed by atoms with Crippen molar-refractivity contribution < 1.29 is 9.84 Å². The number of aliphatic hydroxyl groups excluding tert-OH is 1. The van der Waals surface area contributed by atoms with Crippen molar-refractivity contribution in [2.45, 2.75) is 38.5 Å². The number of ether oxygens (including phenoxy) is 1. The first-order chi connectivity index (χ1) is 19.9. The van der Waals surface area contributed by atoms with E-state index in [2.05, 4.69) is 90.9 Å². The predicted molar refractivity (Wildman–Crippen MR) is 170 cm³/mol. The molecular weight excluding hydrogens is 517 g/mol. The molecule has 1 N–H and O–H groups in total. The molecule has 2 nitrogen and oxygen atoms in total. The molecule has 0 saturated carbocycles. The number of aliphatic hydroxyl groups is 1. The fraction of sp³-hybridized carbons (Fsp3) is 0.158. The SMILES string of the molecule is C[Si](C)(C)C#CC#CC(O)c1ccccc1C#CC#Cc1ccccc1COC(c1ccccc1)c1ccccc1. The van der Waals surface area contributed by atoms with Crippen LogP contribution < -0.4 is 0 Å². The summed E-state index contributed by atoms with van der Waals surface area (Å²) >= 11 is 0. The highest BCUT2D eigenvalue weighted by molar-refractivity contribution is 6.83. The van der Waals surface area contributed by atoms with Gasteiger partial charge in [-0.1, -0.05) is 134 Å². The van der Waals surface area contributed by atoms with Gasteiger partial charge in [0.25, 0.3) is 0 Å². The minimum Gasteiger partial charge on any atom is -0.376 e. The van der Waals surface area contributed by atoms with E-state index in [1.54, 1.807) is 0 Å². The third-order valence-electron chi connectivity index (χ3n) is 6.05. The van der Waals surface area contributed by atoms with Crippen LogP contribution in [0.1, 0.15) is 45.6 Å². The third kappa shape index (κ3) is 9.16. The summed E-state index contributed by atoms with van der Waals surface area (Å²) < 4.78 is 6.47. The summed E-state index contributed by atoms with van der Waals surface area (Å²) in [5.41, 5.74) is 8.57. The average molecular weight is 549 g/mol. The molecule has 4 rings (SSSR count). The normalized spacial score (nSPS) is 11.0. The van der Waals surface area contributed by atoms with Gasteiger partial charge in [-0.25, -0.2) is 0 Å². The van der Waals surface area contributed by atoms with E-state index < -0.39 is 14.2 Å². The van der Waals surface area contributed by atoms with Crippen molar-refractivity contribution in [1.29, 1.82) is 0 Å². The minimum atomic E-state index is -1.51. The van der Waals surface area contributed by atoms with E-state index in [1.165, 1.54) is 0 Å². The van der Waals surface area contributed by atoms with E-state index in [-0.39, 0.29) is 6.10 Å². The third-order valence-corrected chi connectivity index (χ3v) is 6.92. The molecule has 0 saturated heterocycles. The van der Waals surface area contributed by atoms with Gasteiger partial charge in [-0.2, -0.15) is 0 Å². The summed E-state index contributed by atoms with van der Waals surface area (Å²) in [5, 5.41) is 10.6. The zero-order chi connectivity index (χ0) is 28.9. The van der Waals surface area contributed by atoms with Gasteiger partial charge in [0.2, 0.25) is 0 Å². The number of rotatable bonds is 6. The number of hydrogen-bond acceptors (Lipinski definition) is 2. The van der Waals surface area contributed by atoms with E-state index >= 15 is 0 Å². The Kier molecular flexibility index (Phi) is 10.4. The first-order valence-corrected chi connectivity index (χ1v) is 17.0. The van der Waals surface area contributed by atoms with Crippen molar-refractivity contribution in [2.75, 3.05) is 0 Å². The molecular formula is C38H32O2Si. The van der Waals surface area contributed by atoms with E-state index in [9.17, 15) is 5.11 Å². The lowest BCUT2D eigenvalue weighted by atomic mass is 10.0. The zero-order valence-corrected chi connectivity index (χ0v) is 24.6. The fourth-order valence-corrected chi connectivity index (χ4v) is 4.47. The van der Waals surface area contributed by atoms with Crippen LogP contribution in [-0.2, 0) is 11.3 Å². The molecule has 4 aromatic rings. The Bertz CT molecular complexity index is 1670. The molecule has 200 valence electrons. The van der Waals surface area contributed by atoms with Crippen molar-refractivity contribution in [3.05, 3.63) is 143 Å². The van der Waals surface area contributed by atoms with Gasteiger partial charge in [0.05, 0.1) is 6.61 Å². The minimum absolute atomic E-state index is 0.189. The molecule has 0 fully saturated rings. The van der Waals surface area contributed by atoms with Gasteiger partial charge in [-0.05, 0) is 52.5 Å². The summed E-state index contributed by atoms with van der Waals surface area (Å²) in [6.07, 6.45) is -1.16. The fourth-order valence-electron chi connectivity index (χ4n) is 4.03. The molecule has 1 atom stereocenters. The predicted octanol–water partition coefficient (Wildman–Crippen LogP) is 7.31. The van der Waals surface area contributed by atoms with Crippen LogP contribution in [0.15, 0.2) is 109 Å². The van der Waals surface area contributed by atoms with Gasteiger partial charge in [-0.15, -0.1) is 5.54 Å². The van der Waals surface area contributed by atoms with Gasteiger partial charge in [-0.3, -0.25) is 0 Å². The second kappa shape index (κ2) is 14.6. The molecule has 0 aliphatic heterocycles. The molecule has 0 aliphatic rings. The van der Waals surface area contributed by atoms with Crippen molar-refractivity contribution in [1.82, 2.24) is 0 Å². The Balaban J connectivity index is 1.51. The topological polar surface area (TPSA) is 29.5 Å². The van der Waals surface area contributed by atoms with Gasteiger partial charge < -0.3 is 9.84 Å². The van der Waals surface area contributed by atoms with Crippen LogP contribution in [0, 0.1) is 47.0 Å². The Morgan fingerprint density at radius 1 is 0.634 bits per heavy atom. The highest BCUT2D eigenvalue weighted by Crippen LogP contribution is 2.27. The average Bonchev–Trinajstić information content (AvgIpc) is 2.99. The molecule has 0 amide bonds. The lowest BCUT2D eigenvalue weighted by Crippen LogP contribution is -2.16. The zero-order valence-electron chi connectivity index (χ0n) is 23.6. The van der Waals surface area contributed by atoms with Crippen LogP contribution in [0.2, 0.25) is 19.6 Å². The van der Waals surface area contributed by atoms with Gasteiger partial charge >= 0.3 is 0 Å². The van der Waals surface area contributed by atoms with Crippen LogP contribution in [-0.4, -0.2) is 13.2 Å². The largest absolute Gasteiger partial charge is 0.376 e. The monoisotopic (exact) mass is 548 g/mol. The smallest absolute Gasteiger partial charge is 0.142 e. The van der Waals surface area contributed by atoms with Crippen LogP contribution in [0.25, 0.3) is 0 Å². The lowest BCUT2D eigenvalue weighted by molar-refractivity contribution is 0.0666. The maximum atomic E-state index is 10.6. The Labute approximate surface area is 245 Å². The maximum absolute atomic E-state index is 10.6. The second-order valence-electron chi connectivity index (χ2n) is 10.4. The van der Waals surface area contributed by atoms with Crippen molar-refractivity contribution in [2.24, 2.45) is 0 Å². The van der Waals surface area contributed by atoms with Crippen LogP contribution >= 0.6 is 0 Å². The Hall–Kier alpha value is -4.74. The molecule has 0 spiro atoms. The Morgan fingerprint density at radius 3 is 1.80 bits per heavy atom. The summed E-state index contributed by atoms with van der Waals surface area (Å²) in [7, 11) is -1.51. The van der Waals surface area contributed by atoms with Crippen LogP contribution in [0.5, 0.6) is 0 Å². The highest BCUT2D eigenvalue weighted by Gasteiger charge is 2.15. The first-order valence-electron chi connectivity index (χ1n) is 13.5. The van der Waals surface area contributed by atoms with Gasteiger partial charge in [0.15, 0.2) is 0 Å². The molecule has 0 radical (unpaired) electrons. The van der Waals surface area contributed by atoms with Crippen LogP contribution in [0.3, 0.4) is 0 Å². The lowest BCUT2D eigenvalue weighted by Gasteiger charge is -2.19. The van der Waals surface area contributed by atoms with Crippen molar-refractivity contribution >= 4 is 8.07 Å². The molecule has 1 unspecified atom stereocenters. The van der Waals surface area contributed by atoms with Gasteiger partial charge in [0, 0.05) is 16.7 Å². The number of hydrogen-bond donors (Lipinski definition) is 1. The summed E-state index contributed by atoms with van der Waals surface area (Å²) in [6, 6.07) is 35.8. The molecule has 0 bridgehead atoms. The Morgan fingerprint density at radius 2 is 1.17 bits per heavy atom. The second-order valence-corrected chi connectivity index (χ2v) is 15.2. The molecule has 0 heterocycles. The molecule has 0 aliphatic carbocycles. The standard InChI is InChI=1S/C38H32O2Si/c1-41(2,3)29-17-16-28-37(39)36-27-15-14-21-32(36)20-12-10-18-31-19-11-13-26-35(31)30-40-38(33-22-6-4-7-23-33)34-24-8-5-9-25-34/h4-9,11,13-15,19,21-27,37-39H,30H2,1-3H3. The summed E-state index contributed by atoms with van der Waals surface area (Å²) in [6.45, 7) is 6.87. The summed E-state index contributed by atoms with van der Waals surface area (Å²) in [5.74, 6) is 20.7. The van der Waals surface area contributed by atoms with E-state index in [4.69, 9.17) is 4.74 Å². The quantitative estimate of drug-likeness (QED) is 0.202. The van der Waals surface area contributed by atoms with Crippen molar-refractivity contribution in [3.63, 3.8) is 0 Å². The highest BCUT2D eigenvalue weighted by atomic mass is 28.3. The summed E-state index contributed by atoms with van der Waals surface area (Å²) in [4.78, 5) is 0. The number of benzene rings is 4. The molecule has 41 heavy (non-hydrogen) atoms. The van der Waals surface area contributed by atoms with Gasteiger partial charge in [0.1, 0.15) is 20.3 Å². The van der Waals surface area contributed by atoms with E-state index in [0.717, 1.165) is 22.3 Å². The molecule has 3 heteroatoms. The van der Waals surface area contributed by atoms with E-state index in [0.29, 0.717) is 17.7 Å². The first kappa shape index (κ1) is 29.2.